The second-order valence-corrected chi connectivity index (χ2v) is 4.72. The highest BCUT2D eigenvalue weighted by atomic mass is 35.5. The smallest absolute Gasteiger partial charge is 0.119 e. The lowest BCUT2D eigenvalue weighted by atomic mass is 10.1. The molecule has 1 heterocycles. The topological polar surface area (TPSA) is 24.5 Å². The highest BCUT2D eigenvalue weighted by molar-refractivity contribution is 5.85. The van der Waals surface area contributed by atoms with Crippen molar-refractivity contribution in [2.75, 3.05) is 26.7 Å². The number of likely N-dealkylation sites (N-methyl/N-ethyl adjacent to an activating group) is 1. The Morgan fingerprint density at radius 2 is 2.17 bits per heavy atom. The van der Waals surface area contributed by atoms with Gasteiger partial charge in [-0.15, -0.1) is 12.4 Å². The van der Waals surface area contributed by atoms with Crippen molar-refractivity contribution in [2.24, 2.45) is 0 Å². The molecule has 0 bridgehead atoms. The average Bonchev–Trinajstić information content (AvgIpc) is 2.24. The zero-order valence-corrected chi connectivity index (χ0v) is 12.0. The van der Waals surface area contributed by atoms with Crippen LogP contribution >= 0.6 is 12.4 Å². The molecule has 0 spiro atoms. The normalized spacial score (nSPS) is 15.1. The number of rotatable bonds is 6. The van der Waals surface area contributed by atoms with Crippen molar-refractivity contribution in [1.82, 2.24) is 10.2 Å². The molecule has 1 aliphatic rings. The van der Waals surface area contributed by atoms with Crippen molar-refractivity contribution in [1.29, 1.82) is 0 Å². The van der Waals surface area contributed by atoms with E-state index in [-0.39, 0.29) is 12.4 Å². The average molecular weight is 271 g/mol. The summed E-state index contributed by atoms with van der Waals surface area (Å²) in [6, 6.07) is 9.12. The minimum Gasteiger partial charge on any atom is -0.494 e. The third-order valence-corrected chi connectivity index (χ3v) is 3.19. The molecule has 2 rings (SSSR count). The number of nitrogens with one attached hydrogen (secondary N) is 1. The number of hydrogen-bond acceptors (Lipinski definition) is 3. The predicted molar refractivity (Wildman–Crippen MR) is 77.6 cm³/mol. The number of nitrogens with zero attached hydrogens (tertiary/aromatic N) is 1. The van der Waals surface area contributed by atoms with Crippen molar-refractivity contribution in [3.8, 4) is 5.75 Å². The van der Waals surface area contributed by atoms with Gasteiger partial charge in [-0.3, -0.25) is 4.90 Å². The third-order valence-electron chi connectivity index (χ3n) is 3.19. The van der Waals surface area contributed by atoms with Crippen LogP contribution in [0.3, 0.4) is 0 Å². The van der Waals surface area contributed by atoms with E-state index < -0.39 is 0 Å². The zero-order valence-electron chi connectivity index (χ0n) is 11.2. The fraction of sp³-hybridized carbons (Fsp3) is 0.571. The van der Waals surface area contributed by atoms with Crippen LogP contribution in [0, 0.1) is 0 Å². The summed E-state index contributed by atoms with van der Waals surface area (Å²) in [5.41, 5.74) is 1.33. The van der Waals surface area contributed by atoms with E-state index in [1.165, 1.54) is 5.56 Å². The van der Waals surface area contributed by atoms with Crippen LogP contribution in [0.25, 0.3) is 0 Å². The summed E-state index contributed by atoms with van der Waals surface area (Å²) in [5.74, 6) is 0.990. The molecule has 1 N–H and O–H groups in total. The molecule has 1 aromatic carbocycles. The van der Waals surface area contributed by atoms with Gasteiger partial charge in [0.2, 0.25) is 0 Å². The Hall–Kier alpha value is -0.770. The second kappa shape index (κ2) is 7.62. The molecule has 0 unspecified atom stereocenters. The Kier molecular flexibility index (Phi) is 6.47. The second-order valence-electron chi connectivity index (χ2n) is 4.72. The summed E-state index contributed by atoms with van der Waals surface area (Å²) in [6.45, 7) is 6.15. The van der Waals surface area contributed by atoms with E-state index in [1.807, 2.05) is 6.07 Å². The first kappa shape index (κ1) is 15.3. The van der Waals surface area contributed by atoms with Gasteiger partial charge in [-0.1, -0.05) is 19.1 Å². The van der Waals surface area contributed by atoms with Gasteiger partial charge in [-0.25, -0.2) is 0 Å². The number of benzene rings is 1. The lowest BCUT2D eigenvalue weighted by Gasteiger charge is -2.35. The van der Waals surface area contributed by atoms with E-state index in [1.54, 1.807) is 0 Å². The van der Waals surface area contributed by atoms with Gasteiger partial charge in [0.05, 0.1) is 6.61 Å². The highest BCUT2D eigenvalue weighted by Crippen LogP contribution is 2.16. The Bertz CT molecular complexity index is 355. The van der Waals surface area contributed by atoms with E-state index in [0.29, 0.717) is 6.04 Å². The number of ether oxygens (including phenoxy) is 1. The molecule has 102 valence electrons. The molecule has 0 radical (unpaired) electrons. The molecule has 0 amide bonds. The zero-order chi connectivity index (χ0) is 12.1. The Balaban J connectivity index is 0.00000162. The highest BCUT2D eigenvalue weighted by Gasteiger charge is 2.21. The van der Waals surface area contributed by atoms with Crippen molar-refractivity contribution in [3.05, 3.63) is 29.8 Å². The summed E-state index contributed by atoms with van der Waals surface area (Å²) in [5, 5.41) is 3.30. The first-order chi connectivity index (χ1) is 8.29. The maximum Gasteiger partial charge on any atom is 0.119 e. The van der Waals surface area contributed by atoms with Gasteiger partial charge in [-0.05, 0) is 31.2 Å². The molecule has 1 saturated heterocycles. The van der Waals surface area contributed by atoms with Gasteiger partial charge in [0.25, 0.3) is 0 Å². The minimum atomic E-state index is 0. The van der Waals surface area contributed by atoms with Crippen molar-refractivity contribution < 1.29 is 4.74 Å². The van der Waals surface area contributed by atoms with Crippen LogP contribution in [-0.4, -0.2) is 37.7 Å². The fourth-order valence-corrected chi connectivity index (χ4v) is 1.96. The maximum absolute atomic E-state index is 5.65. The lowest BCUT2D eigenvalue weighted by Crippen LogP contribution is -2.55. The van der Waals surface area contributed by atoms with E-state index in [9.17, 15) is 0 Å². The summed E-state index contributed by atoms with van der Waals surface area (Å²) in [7, 11) is 2.19. The molecule has 1 fully saturated rings. The minimum absolute atomic E-state index is 0. The van der Waals surface area contributed by atoms with Gasteiger partial charge < -0.3 is 10.1 Å². The van der Waals surface area contributed by atoms with Gasteiger partial charge in [0, 0.05) is 25.7 Å². The fourth-order valence-electron chi connectivity index (χ4n) is 1.96. The van der Waals surface area contributed by atoms with Gasteiger partial charge in [-0.2, -0.15) is 0 Å². The number of hydrogen-bond donors (Lipinski definition) is 1. The predicted octanol–water partition coefficient (Wildman–Crippen LogP) is 2.30. The quantitative estimate of drug-likeness (QED) is 0.859. The van der Waals surface area contributed by atoms with Crippen LogP contribution in [0.15, 0.2) is 24.3 Å². The molecule has 0 aromatic heterocycles. The molecule has 3 nitrogen and oxygen atoms in total. The first-order valence-corrected chi connectivity index (χ1v) is 6.42. The van der Waals surface area contributed by atoms with Crippen molar-refractivity contribution >= 4 is 12.4 Å². The molecule has 0 saturated carbocycles. The Labute approximate surface area is 116 Å². The molecule has 1 aliphatic heterocycles. The molecule has 1 aromatic rings. The van der Waals surface area contributed by atoms with E-state index in [0.717, 1.165) is 38.4 Å². The molecular weight excluding hydrogens is 248 g/mol. The molecule has 4 heteroatoms. The SMILES string of the molecule is CCCOc1cccc(CN(C)C2CNC2)c1.Cl. The van der Waals surface area contributed by atoms with Gasteiger partial charge >= 0.3 is 0 Å². The monoisotopic (exact) mass is 270 g/mol. The molecule has 0 aliphatic carbocycles. The van der Waals surface area contributed by atoms with Gasteiger partial charge in [0.1, 0.15) is 5.75 Å². The number of halogens is 1. The van der Waals surface area contributed by atoms with E-state index in [2.05, 4.69) is 42.4 Å². The summed E-state index contributed by atoms with van der Waals surface area (Å²) in [6.07, 6.45) is 1.05. The van der Waals surface area contributed by atoms with Crippen LogP contribution < -0.4 is 10.1 Å². The van der Waals surface area contributed by atoms with Crippen LogP contribution in [0.4, 0.5) is 0 Å². The maximum atomic E-state index is 5.65. The standard InChI is InChI=1S/C14H22N2O.ClH/c1-3-7-17-14-6-4-5-12(8-14)11-16(2)13-9-15-10-13;/h4-6,8,13,15H,3,7,9-11H2,1-2H3;1H. The summed E-state index contributed by atoms with van der Waals surface area (Å²) < 4.78 is 5.65. The van der Waals surface area contributed by atoms with Crippen molar-refractivity contribution in [2.45, 2.75) is 25.9 Å². The first-order valence-electron chi connectivity index (χ1n) is 6.42. The van der Waals surface area contributed by atoms with Crippen molar-refractivity contribution in [3.63, 3.8) is 0 Å². The molecule has 0 atom stereocenters. The largest absolute Gasteiger partial charge is 0.494 e. The van der Waals surface area contributed by atoms with Gasteiger partial charge in [0.15, 0.2) is 0 Å². The van der Waals surface area contributed by atoms with Crippen LogP contribution in [0.1, 0.15) is 18.9 Å². The van der Waals surface area contributed by atoms with E-state index in [4.69, 9.17) is 4.74 Å². The lowest BCUT2D eigenvalue weighted by molar-refractivity contribution is 0.173. The summed E-state index contributed by atoms with van der Waals surface area (Å²) >= 11 is 0. The van der Waals surface area contributed by atoms with Crippen LogP contribution in [0.2, 0.25) is 0 Å². The Morgan fingerprint density at radius 1 is 1.39 bits per heavy atom. The van der Waals surface area contributed by atoms with Crippen LogP contribution in [0.5, 0.6) is 5.75 Å². The van der Waals surface area contributed by atoms with E-state index >= 15 is 0 Å². The van der Waals surface area contributed by atoms with Crippen LogP contribution in [-0.2, 0) is 6.54 Å². The Morgan fingerprint density at radius 3 is 2.78 bits per heavy atom. The summed E-state index contributed by atoms with van der Waals surface area (Å²) in [4.78, 5) is 2.40. The molecular formula is C14H23ClN2O. The third kappa shape index (κ3) is 4.16. The molecule has 18 heavy (non-hydrogen) atoms.